The molecule has 2 amide bonds. The predicted octanol–water partition coefficient (Wildman–Crippen LogP) is 3.69. The van der Waals surface area contributed by atoms with Crippen LogP contribution in [0.3, 0.4) is 0 Å². The first-order valence-electron chi connectivity index (χ1n) is 15.8. The van der Waals surface area contributed by atoms with Crippen LogP contribution in [0, 0.1) is 0 Å². The smallest absolute Gasteiger partial charge is 0.249 e. The van der Waals surface area contributed by atoms with Crippen LogP contribution in [0.2, 0.25) is 0 Å². The first-order chi connectivity index (χ1) is 19.9. The van der Waals surface area contributed by atoms with Crippen LogP contribution in [0.5, 0.6) is 5.75 Å². The zero-order valence-electron chi connectivity index (χ0n) is 26.6. The second kappa shape index (κ2) is 16.5. The molecule has 0 saturated carbocycles. The van der Waals surface area contributed by atoms with E-state index < -0.39 is 46.0 Å². The van der Waals surface area contributed by atoms with Gasteiger partial charge in [-0.3, -0.25) is 9.59 Å². The molecule has 4 N–H and O–H groups in total. The highest BCUT2D eigenvalue weighted by Crippen LogP contribution is 2.50. The number of carboxylic acids is 1. The molecule has 2 heterocycles. The number of phenolic OH excluding ortho intramolecular Hbond substituents is 1. The van der Waals surface area contributed by atoms with Crippen molar-refractivity contribution in [3.05, 3.63) is 29.8 Å². The Kier molecular flexibility index (Phi) is 14.1. The van der Waals surface area contributed by atoms with E-state index >= 15 is 0 Å². The molecule has 1 aromatic rings. The molecule has 0 spiro atoms. The number of phenols is 1. The monoisotopic (exact) mass is 606 g/mol. The van der Waals surface area contributed by atoms with Gasteiger partial charge < -0.3 is 35.4 Å². The summed E-state index contributed by atoms with van der Waals surface area (Å²) in [6.07, 6.45) is 11.1. The van der Waals surface area contributed by atoms with E-state index in [1.165, 1.54) is 123 Å². The van der Waals surface area contributed by atoms with Crippen molar-refractivity contribution in [1.82, 2.24) is 10.2 Å². The maximum absolute atomic E-state index is 12.3. The summed E-state index contributed by atoms with van der Waals surface area (Å²) in [6.45, 7) is 18.5. The van der Waals surface area contributed by atoms with Crippen LogP contribution in [-0.4, -0.2) is 80.7 Å². The normalized spacial score (nSPS) is 21.5. The number of unbranched alkanes of at least 4 members (excludes halogenated alkanes) is 4. The van der Waals surface area contributed by atoms with E-state index in [-0.39, 0.29) is 5.75 Å². The average Bonchev–Trinajstić information content (AvgIpc) is 3.23. The fraction of sp³-hybridized carbons (Fsp3) is 0.719. The quantitative estimate of drug-likeness (QED) is 0.193. The molecule has 0 aliphatic carbocycles. The number of aromatic hydroxyl groups is 1. The molecule has 2 unspecified atom stereocenters. The van der Waals surface area contributed by atoms with Crippen LogP contribution in [0.4, 0.5) is 0 Å². The van der Waals surface area contributed by atoms with Gasteiger partial charge in [0, 0.05) is 4.75 Å². The van der Waals surface area contributed by atoms with E-state index in [4.69, 9.17) is 5.73 Å². The third-order valence-corrected chi connectivity index (χ3v) is 10.0. The Bertz CT molecular complexity index is 981. The number of aliphatic carboxylic acids is 1. The van der Waals surface area contributed by atoms with Gasteiger partial charge in [-0.15, -0.1) is 11.8 Å². The molecule has 1 aromatic carbocycles. The SMILES string of the molecule is CC1(C)S[C@@H]2C(NC(=O)C(N)c3ccc(O)cc3)C(=O)N2[C@H]1C(=O)[O-].CCCC[N+](CCCC)(CCCC)CCCC. The van der Waals surface area contributed by atoms with Gasteiger partial charge in [0.2, 0.25) is 11.8 Å². The first-order valence-corrected chi connectivity index (χ1v) is 16.7. The second-order valence-corrected chi connectivity index (χ2v) is 14.1. The highest BCUT2D eigenvalue weighted by molar-refractivity contribution is 8.01. The zero-order chi connectivity index (χ0) is 31.5. The number of nitrogens with one attached hydrogen (secondary N) is 1. The van der Waals surface area contributed by atoms with E-state index in [9.17, 15) is 24.6 Å². The Balaban J connectivity index is 0.000000319. The summed E-state index contributed by atoms with van der Waals surface area (Å²) in [4.78, 5) is 37.3. The number of hydrogen-bond acceptors (Lipinski definition) is 7. The van der Waals surface area contributed by atoms with Crippen molar-refractivity contribution < 1.29 is 29.1 Å². The number of hydrogen-bond donors (Lipinski definition) is 3. The summed E-state index contributed by atoms with van der Waals surface area (Å²) >= 11 is 1.31. The van der Waals surface area contributed by atoms with Crippen molar-refractivity contribution in [3.8, 4) is 5.75 Å². The van der Waals surface area contributed by atoms with Gasteiger partial charge in [0.15, 0.2) is 0 Å². The Morgan fingerprint density at radius 2 is 1.43 bits per heavy atom. The molecule has 10 heteroatoms. The van der Waals surface area contributed by atoms with Gasteiger partial charge in [-0.05, 0) is 57.2 Å². The van der Waals surface area contributed by atoms with Gasteiger partial charge in [-0.2, -0.15) is 0 Å². The number of carbonyl (C=O) groups excluding carboxylic acids is 3. The molecule has 9 nitrogen and oxygen atoms in total. The highest BCUT2D eigenvalue weighted by Gasteiger charge is 2.62. The van der Waals surface area contributed by atoms with Gasteiger partial charge in [-0.1, -0.05) is 65.5 Å². The molecule has 0 radical (unpaired) electrons. The molecule has 0 bridgehead atoms. The number of carbonyl (C=O) groups is 3. The summed E-state index contributed by atoms with van der Waals surface area (Å²) in [7, 11) is 0. The Morgan fingerprint density at radius 1 is 0.976 bits per heavy atom. The third kappa shape index (κ3) is 9.10. The van der Waals surface area contributed by atoms with Crippen molar-refractivity contribution in [1.29, 1.82) is 0 Å². The molecule has 2 fully saturated rings. The Labute approximate surface area is 257 Å². The molecule has 3 rings (SSSR count). The lowest BCUT2D eigenvalue weighted by molar-refractivity contribution is -0.929. The lowest BCUT2D eigenvalue weighted by Crippen LogP contribution is -2.72. The van der Waals surface area contributed by atoms with Gasteiger partial charge >= 0.3 is 0 Å². The minimum atomic E-state index is -1.31. The van der Waals surface area contributed by atoms with E-state index in [1.54, 1.807) is 13.8 Å². The van der Waals surface area contributed by atoms with Gasteiger partial charge in [0.05, 0.1) is 38.2 Å². The summed E-state index contributed by atoms with van der Waals surface area (Å²) in [5.41, 5.74) is 6.39. The van der Waals surface area contributed by atoms with E-state index in [2.05, 4.69) is 33.0 Å². The van der Waals surface area contributed by atoms with Gasteiger partial charge in [-0.25, -0.2) is 0 Å². The maximum atomic E-state index is 12.3. The van der Waals surface area contributed by atoms with Crippen molar-refractivity contribution in [2.24, 2.45) is 5.73 Å². The van der Waals surface area contributed by atoms with Crippen LogP contribution >= 0.6 is 11.8 Å². The standard InChI is InChI=1S/C16H19N3O5S.C16H36N/c1-16(2)11(15(23)24)19-13(22)10(14(19)25-16)18-12(21)9(17)7-3-5-8(20)6-4-7;1-5-9-13-17(14-10-6-2,15-11-7-3)16-12-8-4/h3-6,9-11,14,20H,17H2,1-2H3,(H,18,21)(H,23,24);5-16H2,1-4H3/q;+1/p-1/t9?,10?,11-,14+;/m0./s1. The largest absolute Gasteiger partial charge is 0.548 e. The average molecular weight is 607 g/mol. The second-order valence-electron chi connectivity index (χ2n) is 12.3. The summed E-state index contributed by atoms with van der Waals surface area (Å²) in [6, 6.07) is 3.02. The third-order valence-electron chi connectivity index (χ3n) is 8.44. The Morgan fingerprint density at radius 3 is 1.83 bits per heavy atom. The van der Waals surface area contributed by atoms with Crippen LogP contribution in [0.1, 0.15) is 105 Å². The van der Waals surface area contributed by atoms with E-state index in [0.29, 0.717) is 5.56 Å². The van der Waals surface area contributed by atoms with Crippen molar-refractivity contribution >= 4 is 29.5 Å². The number of fused-ring (bicyclic) bond motifs is 1. The number of thioether (sulfide) groups is 1. The molecule has 0 aromatic heterocycles. The number of β-lactam (4-membered cyclic amide) rings is 1. The molecule has 2 aliphatic heterocycles. The molecular weight excluding hydrogens is 552 g/mol. The lowest BCUT2D eigenvalue weighted by atomic mass is 9.95. The zero-order valence-corrected chi connectivity index (χ0v) is 27.4. The summed E-state index contributed by atoms with van der Waals surface area (Å²) < 4.78 is 0.709. The van der Waals surface area contributed by atoms with Gasteiger partial charge in [0.1, 0.15) is 23.2 Å². The van der Waals surface area contributed by atoms with Crippen LogP contribution < -0.4 is 16.2 Å². The molecule has 238 valence electrons. The van der Waals surface area contributed by atoms with Crippen LogP contribution in [0.15, 0.2) is 24.3 Å². The van der Waals surface area contributed by atoms with Crippen LogP contribution in [0.25, 0.3) is 0 Å². The minimum absolute atomic E-state index is 0.0547. The summed E-state index contributed by atoms with van der Waals surface area (Å²) in [5.74, 6) is -2.25. The van der Waals surface area contributed by atoms with E-state index in [0.717, 1.165) is 0 Å². The number of quaternary nitrogens is 1. The van der Waals surface area contributed by atoms with Crippen LogP contribution in [-0.2, 0) is 14.4 Å². The number of benzene rings is 1. The molecule has 42 heavy (non-hydrogen) atoms. The Hall–Kier alpha value is -2.30. The molecule has 2 aliphatic rings. The van der Waals surface area contributed by atoms with Crippen molar-refractivity contribution in [3.63, 3.8) is 0 Å². The van der Waals surface area contributed by atoms with Gasteiger partial charge in [0.25, 0.3) is 0 Å². The lowest BCUT2D eigenvalue weighted by Gasteiger charge is -2.45. The number of rotatable bonds is 16. The highest BCUT2D eigenvalue weighted by atomic mass is 32.2. The van der Waals surface area contributed by atoms with E-state index in [1.807, 2.05) is 0 Å². The number of nitrogens with zero attached hydrogens (tertiary/aromatic N) is 2. The molecule has 2 saturated heterocycles. The molecular formula is C32H54N4O5S. The first kappa shape index (κ1) is 35.9. The number of carboxylic acid groups (broad SMARTS) is 1. The maximum Gasteiger partial charge on any atom is 0.249 e. The fourth-order valence-corrected chi connectivity index (χ4v) is 7.47. The van der Waals surface area contributed by atoms with Crippen molar-refractivity contribution in [2.75, 3.05) is 26.2 Å². The minimum Gasteiger partial charge on any atom is -0.548 e. The number of nitrogens with two attached hydrogens (primary N) is 1. The predicted molar refractivity (Wildman–Crippen MR) is 167 cm³/mol. The topological polar surface area (TPSA) is 136 Å². The number of amides is 2. The fourth-order valence-electron chi connectivity index (χ4n) is 5.85. The van der Waals surface area contributed by atoms with Crippen molar-refractivity contribution in [2.45, 2.75) is 121 Å². The summed E-state index contributed by atoms with van der Waals surface area (Å²) in [5, 5.41) is 22.8. The molecule has 4 atom stereocenters.